The minimum atomic E-state index is 0. The summed E-state index contributed by atoms with van der Waals surface area (Å²) in [6, 6.07) is 8.42. The second-order valence-electron chi connectivity index (χ2n) is 3.73. The largest absolute Gasteiger partial charge is 0.377 e. The first-order valence-corrected chi connectivity index (χ1v) is 5.88. The minimum absolute atomic E-state index is 0. The third-order valence-corrected chi connectivity index (χ3v) is 3.86. The third-order valence-electron chi connectivity index (χ3n) is 2.79. The van der Waals surface area contributed by atoms with E-state index in [-0.39, 0.29) is 17.0 Å². The lowest BCUT2D eigenvalue weighted by Crippen LogP contribution is -2.30. The topological polar surface area (TPSA) is 50.7 Å². The maximum absolute atomic E-state index is 5.67. The van der Waals surface area contributed by atoms with Crippen molar-refractivity contribution in [2.75, 3.05) is 0 Å². The molecule has 0 saturated carbocycles. The van der Waals surface area contributed by atoms with Crippen molar-refractivity contribution in [1.29, 1.82) is 0 Å². The van der Waals surface area contributed by atoms with Crippen LogP contribution in [-0.2, 0) is 6.42 Å². The Kier molecular flexibility index (Phi) is 3.35. The van der Waals surface area contributed by atoms with E-state index in [9.17, 15) is 0 Å². The Morgan fingerprint density at radius 2 is 2.06 bits per heavy atom. The van der Waals surface area contributed by atoms with Gasteiger partial charge in [0.15, 0.2) is 5.17 Å². The standard InChI is InChI=1S/C11H11N3S.BrH/c12-11-14-13-10-8-4-2-1-3-7(8)5-6-9(10)15-11;/h1-4,9H,5-6H2,(H2,12,14);1H. The highest BCUT2D eigenvalue weighted by molar-refractivity contribution is 8.93. The van der Waals surface area contributed by atoms with Crippen molar-refractivity contribution in [1.82, 2.24) is 0 Å². The van der Waals surface area contributed by atoms with Crippen LogP contribution >= 0.6 is 28.7 Å². The number of aryl methyl sites for hydroxylation is 1. The fourth-order valence-electron chi connectivity index (χ4n) is 2.09. The third kappa shape index (κ3) is 1.89. The summed E-state index contributed by atoms with van der Waals surface area (Å²) >= 11 is 1.63. The highest BCUT2D eigenvalue weighted by atomic mass is 79.9. The van der Waals surface area contributed by atoms with E-state index in [1.165, 1.54) is 11.1 Å². The molecule has 2 aliphatic rings. The molecule has 0 bridgehead atoms. The molecule has 1 heterocycles. The Labute approximate surface area is 109 Å². The molecule has 1 atom stereocenters. The Bertz CT molecular complexity index is 470. The Morgan fingerprint density at radius 1 is 1.25 bits per heavy atom. The molecule has 0 radical (unpaired) electrons. The number of fused-ring (bicyclic) bond motifs is 3. The molecule has 0 amide bonds. The summed E-state index contributed by atoms with van der Waals surface area (Å²) in [5.74, 6) is 0. The molecular weight excluding hydrogens is 286 g/mol. The zero-order valence-corrected chi connectivity index (χ0v) is 11.1. The molecule has 1 aromatic rings. The molecule has 1 aromatic carbocycles. The SMILES string of the molecule is Br.NC1=NN=C2c3ccccc3CCC2S1. The monoisotopic (exact) mass is 297 g/mol. The van der Waals surface area contributed by atoms with Gasteiger partial charge in [0, 0.05) is 5.56 Å². The number of thioether (sulfide) groups is 1. The molecule has 0 saturated heterocycles. The van der Waals surface area contributed by atoms with Crippen LogP contribution in [0.15, 0.2) is 34.5 Å². The van der Waals surface area contributed by atoms with Crippen LogP contribution in [0.2, 0.25) is 0 Å². The molecule has 1 aliphatic carbocycles. The average Bonchev–Trinajstić information content (AvgIpc) is 2.28. The van der Waals surface area contributed by atoms with E-state index in [1.807, 2.05) is 0 Å². The summed E-state index contributed by atoms with van der Waals surface area (Å²) in [5, 5.41) is 9.18. The molecule has 16 heavy (non-hydrogen) atoms. The zero-order valence-electron chi connectivity index (χ0n) is 8.59. The normalized spacial score (nSPS) is 22.1. The van der Waals surface area contributed by atoms with Crippen molar-refractivity contribution in [2.45, 2.75) is 18.1 Å². The number of hydrogen-bond donors (Lipinski definition) is 1. The summed E-state index contributed by atoms with van der Waals surface area (Å²) in [6.07, 6.45) is 2.22. The summed E-state index contributed by atoms with van der Waals surface area (Å²) in [4.78, 5) is 0. The molecule has 0 spiro atoms. The zero-order chi connectivity index (χ0) is 10.3. The summed E-state index contributed by atoms with van der Waals surface area (Å²) < 4.78 is 0. The molecule has 2 N–H and O–H groups in total. The van der Waals surface area contributed by atoms with Gasteiger partial charge in [-0.3, -0.25) is 0 Å². The predicted molar refractivity (Wildman–Crippen MR) is 74.6 cm³/mol. The van der Waals surface area contributed by atoms with E-state index in [2.05, 4.69) is 34.5 Å². The number of hydrogen-bond acceptors (Lipinski definition) is 4. The van der Waals surface area contributed by atoms with Gasteiger partial charge in [0.25, 0.3) is 0 Å². The van der Waals surface area contributed by atoms with Crippen molar-refractivity contribution in [3.63, 3.8) is 0 Å². The molecule has 1 aliphatic heterocycles. The molecule has 0 aromatic heterocycles. The molecule has 5 heteroatoms. The molecule has 0 fully saturated rings. The van der Waals surface area contributed by atoms with Crippen molar-refractivity contribution >= 4 is 39.6 Å². The van der Waals surface area contributed by atoms with Crippen LogP contribution in [0.3, 0.4) is 0 Å². The first-order chi connectivity index (χ1) is 7.34. The van der Waals surface area contributed by atoms with E-state index in [4.69, 9.17) is 5.73 Å². The first-order valence-electron chi connectivity index (χ1n) is 5.00. The van der Waals surface area contributed by atoms with Crippen molar-refractivity contribution in [2.24, 2.45) is 15.9 Å². The van der Waals surface area contributed by atoms with Gasteiger partial charge in [0.05, 0.1) is 11.0 Å². The number of amidine groups is 1. The van der Waals surface area contributed by atoms with Crippen LogP contribution in [-0.4, -0.2) is 16.1 Å². The second-order valence-corrected chi connectivity index (χ2v) is 4.95. The van der Waals surface area contributed by atoms with Gasteiger partial charge in [0.1, 0.15) is 0 Å². The highest BCUT2D eigenvalue weighted by Gasteiger charge is 2.28. The number of benzene rings is 1. The molecular formula is C11H12BrN3S. The predicted octanol–water partition coefficient (Wildman–Crippen LogP) is 2.34. The maximum atomic E-state index is 5.67. The van der Waals surface area contributed by atoms with E-state index in [0.717, 1.165) is 18.6 Å². The molecule has 84 valence electrons. The summed E-state index contributed by atoms with van der Waals surface area (Å²) in [6.45, 7) is 0. The fourth-order valence-corrected chi connectivity index (χ4v) is 2.99. The van der Waals surface area contributed by atoms with Gasteiger partial charge >= 0.3 is 0 Å². The van der Waals surface area contributed by atoms with Gasteiger partial charge in [-0.15, -0.1) is 22.1 Å². The second kappa shape index (κ2) is 4.59. The van der Waals surface area contributed by atoms with Gasteiger partial charge < -0.3 is 5.73 Å². The number of nitrogens with zero attached hydrogens (tertiary/aromatic N) is 2. The number of halogens is 1. The van der Waals surface area contributed by atoms with Gasteiger partial charge in [-0.25, -0.2) is 0 Å². The number of nitrogens with two attached hydrogens (primary N) is 1. The van der Waals surface area contributed by atoms with Gasteiger partial charge in [-0.05, 0) is 18.4 Å². The van der Waals surface area contributed by atoms with E-state index in [0.29, 0.717) is 10.4 Å². The lowest BCUT2D eigenvalue weighted by Gasteiger charge is -2.26. The van der Waals surface area contributed by atoms with Crippen LogP contribution in [0, 0.1) is 0 Å². The molecule has 3 nitrogen and oxygen atoms in total. The van der Waals surface area contributed by atoms with Crippen LogP contribution in [0.4, 0.5) is 0 Å². The fraction of sp³-hybridized carbons (Fsp3) is 0.273. The van der Waals surface area contributed by atoms with Crippen molar-refractivity contribution < 1.29 is 0 Å². The minimum Gasteiger partial charge on any atom is -0.377 e. The van der Waals surface area contributed by atoms with Crippen LogP contribution in [0.5, 0.6) is 0 Å². The van der Waals surface area contributed by atoms with E-state index in [1.54, 1.807) is 11.8 Å². The van der Waals surface area contributed by atoms with Gasteiger partial charge in [0.2, 0.25) is 0 Å². The summed E-state index contributed by atoms with van der Waals surface area (Å²) in [7, 11) is 0. The summed E-state index contributed by atoms with van der Waals surface area (Å²) in [5.41, 5.74) is 9.39. The highest BCUT2D eigenvalue weighted by Crippen LogP contribution is 2.31. The lowest BCUT2D eigenvalue weighted by molar-refractivity contribution is 0.846. The molecule has 1 unspecified atom stereocenters. The lowest BCUT2D eigenvalue weighted by atomic mass is 9.90. The van der Waals surface area contributed by atoms with Gasteiger partial charge in [-0.1, -0.05) is 36.0 Å². The smallest absolute Gasteiger partial charge is 0.181 e. The number of rotatable bonds is 0. The van der Waals surface area contributed by atoms with Gasteiger partial charge in [-0.2, -0.15) is 5.10 Å². The Hall–Kier alpha value is -0.810. The quantitative estimate of drug-likeness (QED) is 0.799. The van der Waals surface area contributed by atoms with Crippen LogP contribution in [0.25, 0.3) is 0 Å². The van der Waals surface area contributed by atoms with Crippen molar-refractivity contribution in [3.8, 4) is 0 Å². The van der Waals surface area contributed by atoms with E-state index < -0.39 is 0 Å². The first kappa shape index (κ1) is 11.7. The molecule has 3 rings (SSSR count). The van der Waals surface area contributed by atoms with Crippen LogP contribution < -0.4 is 5.73 Å². The van der Waals surface area contributed by atoms with E-state index >= 15 is 0 Å². The van der Waals surface area contributed by atoms with Crippen LogP contribution in [0.1, 0.15) is 17.5 Å². The Morgan fingerprint density at radius 3 is 2.94 bits per heavy atom. The Balaban J connectivity index is 0.000000963. The maximum Gasteiger partial charge on any atom is 0.181 e. The average molecular weight is 298 g/mol. The van der Waals surface area contributed by atoms with Crippen molar-refractivity contribution in [3.05, 3.63) is 35.4 Å².